The van der Waals surface area contributed by atoms with Crippen LogP contribution in [0, 0.1) is 12.8 Å². The molecule has 2 aliphatic rings. The molecule has 1 aromatic carbocycles. The smallest absolute Gasteiger partial charge is 0.309 e. The zero-order valence-corrected chi connectivity index (χ0v) is 20.6. The first-order chi connectivity index (χ1) is 17.0. The first-order valence-electron chi connectivity index (χ1n) is 11.8. The van der Waals surface area contributed by atoms with Gasteiger partial charge in [0.1, 0.15) is 5.00 Å². The highest BCUT2D eigenvalue weighted by Crippen LogP contribution is 2.43. The number of benzene rings is 1. The van der Waals surface area contributed by atoms with Gasteiger partial charge in [0.15, 0.2) is 17.3 Å². The Kier molecular flexibility index (Phi) is 6.79. The fourth-order valence-corrected chi connectivity index (χ4v) is 5.67. The quantitative estimate of drug-likeness (QED) is 0.461. The summed E-state index contributed by atoms with van der Waals surface area (Å²) in [6.45, 7) is 5.91. The zero-order valence-electron chi connectivity index (χ0n) is 19.7. The molecule has 2 aliphatic heterocycles. The van der Waals surface area contributed by atoms with Crippen LogP contribution in [0.1, 0.15) is 52.4 Å². The molecule has 4 heterocycles. The number of hydrogen-bond donors (Lipinski definition) is 1. The van der Waals surface area contributed by atoms with Gasteiger partial charge in [0.05, 0.1) is 24.8 Å². The summed E-state index contributed by atoms with van der Waals surface area (Å²) in [5, 5.41) is 3.83. The molecular weight excluding hydrogens is 468 g/mol. The third kappa shape index (κ3) is 4.92. The molecule has 0 spiro atoms. The van der Waals surface area contributed by atoms with Crippen molar-refractivity contribution >= 4 is 28.2 Å². The number of aryl methyl sites for hydroxylation is 1. The topological polar surface area (TPSA) is 90.2 Å². The number of thiophene rings is 1. The van der Waals surface area contributed by atoms with Crippen LogP contribution in [-0.2, 0) is 9.53 Å². The number of piperidine rings is 1. The van der Waals surface area contributed by atoms with Gasteiger partial charge in [0.25, 0.3) is 5.91 Å². The molecule has 0 unspecified atom stereocenters. The molecule has 0 bridgehead atoms. The molecule has 1 amide bonds. The monoisotopic (exact) mass is 496 g/mol. The summed E-state index contributed by atoms with van der Waals surface area (Å²) in [5.74, 6) is 1.19. The SMILES string of the molecule is CCOC(=O)C1CCN([C@H](c2ccc3c(c2)OCO3)c2cc(C)sc2NC(=O)c2ccco2)CC1. The molecule has 0 aliphatic carbocycles. The minimum absolute atomic E-state index is 0.0917. The molecule has 1 saturated heterocycles. The Balaban J connectivity index is 1.47. The summed E-state index contributed by atoms with van der Waals surface area (Å²) in [4.78, 5) is 28.6. The molecule has 0 radical (unpaired) electrons. The Labute approximate surface area is 207 Å². The second kappa shape index (κ2) is 10.1. The molecule has 5 rings (SSSR count). The van der Waals surface area contributed by atoms with E-state index in [1.807, 2.05) is 32.0 Å². The van der Waals surface area contributed by atoms with E-state index in [9.17, 15) is 9.59 Å². The van der Waals surface area contributed by atoms with E-state index >= 15 is 0 Å². The van der Waals surface area contributed by atoms with E-state index in [1.165, 1.54) is 17.6 Å². The molecule has 184 valence electrons. The number of carbonyl (C=O) groups excluding carboxylic acids is 2. The van der Waals surface area contributed by atoms with Crippen molar-refractivity contribution in [1.29, 1.82) is 0 Å². The lowest BCUT2D eigenvalue weighted by molar-refractivity contribution is -0.149. The number of nitrogens with zero attached hydrogens (tertiary/aromatic N) is 1. The Bertz CT molecular complexity index is 1200. The van der Waals surface area contributed by atoms with Gasteiger partial charge in [-0.05, 0) is 75.7 Å². The van der Waals surface area contributed by atoms with Gasteiger partial charge in [-0.2, -0.15) is 0 Å². The minimum Gasteiger partial charge on any atom is -0.466 e. The summed E-state index contributed by atoms with van der Waals surface area (Å²) >= 11 is 1.53. The standard InChI is InChI=1S/C26H28N2O6S/c1-3-31-26(30)17-8-10-28(11-9-17)23(18-6-7-20-22(14-18)34-15-33-20)19-13-16(2)35-25(19)27-24(29)21-5-4-12-32-21/h4-7,12-14,17,23H,3,8-11,15H2,1-2H3,(H,27,29)/t23-/m1/s1. The van der Waals surface area contributed by atoms with Crippen LogP contribution in [0.5, 0.6) is 11.5 Å². The first kappa shape index (κ1) is 23.4. The zero-order chi connectivity index (χ0) is 24.4. The average Bonchev–Trinajstić information content (AvgIpc) is 3.61. The lowest BCUT2D eigenvalue weighted by Crippen LogP contribution is -2.39. The maximum Gasteiger partial charge on any atom is 0.309 e. The van der Waals surface area contributed by atoms with E-state index in [1.54, 1.807) is 12.1 Å². The van der Waals surface area contributed by atoms with E-state index < -0.39 is 0 Å². The normalized spacial score (nSPS) is 16.7. The van der Waals surface area contributed by atoms with Gasteiger partial charge in [-0.15, -0.1) is 11.3 Å². The molecular formula is C26H28N2O6S. The van der Waals surface area contributed by atoms with Crippen molar-refractivity contribution in [1.82, 2.24) is 4.90 Å². The second-order valence-corrected chi connectivity index (χ2v) is 9.91. The van der Waals surface area contributed by atoms with Crippen molar-refractivity contribution in [2.45, 2.75) is 32.7 Å². The lowest BCUT2D eigenvalue weighted by Gasteiger charge is -2.37. The van der Waals surface area contributed by atoms with Crippen LogP contribution in [0.3, 0.4) is 0 Å². The first-order valence-corrected chi connectivity index (χ1v) is 12.6. The summed E-state index contributed by atoms with van der Waals surface area (Å²) < 4.78 is 21.7. The number of hydrogen-bond acceptors (Lipinski definition) is 8. The van der Waals surface area contributed by atoms with Crippen LogP contribution in [0.2, 0.25) is 0 Å². The van der Waals surface area contributed by atoms with Gasteiger partial charge in [0, 0.05) is 10.4 Å². The van der Waals surface area contributed by atoms with Crippen molar-refractivity contribution in [2.75, 3.05) is 31.8 Å². The Morgan fingerprint density at radius 1 is 1.17 bits per heavy atom. The maximum atomic E-state index is 12.8. The summed E-state index contributed by atoms with van der Waals surface area (Å²) in [5.41, 5.74) is 2.04. The number of ether oxygens (including phenoxy) is 3. The largest absolute Gasteiger partial charge is 0.466 e. The van der Waals surface area contributed by atoms with Gasteiger partial charge in [0.2, 0.25) is 6.79 Å². The summed E-state index contributed by atoms with van der Waals surface area (Å²) in [6.07, 6.45) is 2.92. The van der Waals surface area contributed by atoms with Crippen LogP contribution < -0.4 is 14.8 Å². The second-order valence-electron chi connectivity index (χ2n) is 8.65. The van der Waals surface area contributed by atoms with Gasteiger partial charge < -0.3 is 23.9 Å². The number of furan rings is 1. The van der Waals surface area contributed by atoms with Crippen molar-refractivity contribution in [3.63, 3.8) is 0 Å². The third-order valence-corrected chi connectivity index (χ3v) is 7.36. The summed E-state index contributed by atoms with van der Waals surface area (Å²) in [7, 11) is 0. The number of nitrogens with one attached hydrogen (secondary N) is 1. The number of rotatable bonds is 7. The molecule has 2 aromatic heterocycles. The fraction of sp³-hybridized carbons (Fsp3) is 0.385. The van der Waals surface area contributed by atoms with Crippen LogP contribution in [0.15, 0.2) is 47.1 Å². The van der Waals surface area contributed by atoms with Crippen molar-refractivity contribution in [2.24, 2.45) is 5.92 Å². The lowest BCUT2D eigenvalue weighted by atomic mass is 9.91. The average molecular weight is 497 g/mol. The maximum absolute atomic E-state index is 12.8. The molecule has 9 heteroatoms. The van der Waals surface area contributed by atoms with Gasteiger partial charge in [-0.25, -0.2) is 0 Å². The number of likely N-dealkylation sites (tertiary alicyclic amines) is 1. The fourth-order valence-electron chi connectivity index (χ4n) is 4.73. The van der Waals surface area contributed by atoms with Crippen molar-refractivity contribution in [3.05, 3.63) is 64.4 Å². The van der Waals surface area contributed by atoms with E-state index in [0.717, 1.165) is 52.7 Å². The third-order valence-electron chi connectivity index (χ3n) is 6.38. The van der Waals surface area contributed by atoms with Gasteiger partial charge in [-0.3, -0.25) is 14.5 Å². The highest BCUT2D eigenvalue weighted by Gasteiger charge is 2.34. The number of carbonyl (C=O) groups is 2. The Morgan fingerprint density at radius 2 is 1.97 bits per heavy atom. The number of amides is 1. The predicted octanol–water partition coefficient (Wildman–Crippen LogP) is 5.00. The number of anilines is 1. The molecule has 1 N–H and O–H groups in total. The Hall–Kier alpha value is -3.30. The van der Waals surface area contributed by atoms with E-state index in [-0.39, 0.29) is 36.4 Å². The molecule has 0 saturated carbocycles. The Morgan fingerprint density at radius 3 is 2.71 bits per heavy atom. The highest BCUT2D eigenvalue weighted by molar-refractivity contribution is 7.16. The van der Waals surface area contributed by atoms with Gasteiger partial charge in [-0.1, -0.05) is 6.07 Å². The number of esters is 1. The van der Waals surface area contributed by atoms with Crippen LogP contribution >= 0.6 is 11.3 Å². The molecule has 1 atom stereocenters. The van der Waals surface area contributed by atoms with Crippen LogP contribution in [0.4, 0.5) is 5.00 Å². The summed E-state index contributed by atoms with van der Waals surface area (Å²) in [6, 6.07) is 11.3. The van der Waals surface area contributed by atoms with Crippen molar-refractivity contribution < 1.29 is 28.2 Å². The van der Waals surface area contributed by atoms with Gasteiger partial charge >= 0.3 is 5.97 Å². The van der Waals surface area contributed by atoms with Crippen molar-refractivity contribution in [3.8, 4) is 11.5 Å². The van der Waals surface area contributed by atoms with Crippen LogP contribution in [0.25, 0.3) is 0 Å². The van der Waals surface area contributed by atoms with Crippen LogP contribution in [-0.4, -0.2) is 43.3 Å². The highest BCUT2D eigenvalue weighted by atomic mass is 32.1. The molecule has 1 fully saturated rings. The minimum atomic E-state index is -0.288. The molecule has 3 aromatic rings. The molecule has 35 heavy (non-hydrogen) atoms. The number of fused-ring (bicyclic) bond motifs is 1. The van der Waals surface area contributed by atoms with E-state index in [0.29, 0.717) is 12.4 Å². The molecule has 8 nitrogen and oxygen atoms in total. The predicted molar refractivity (Wildman–Crippen MR) is 131 cm³/mol. The van der Waals surface area contributed by atoms with E-state index in [4.69, 9.17) is 18.6 Å². The van der Waals surface area contributed by atoms with E-state index in [2.05, 4.69) is 16.3 Å².